The number of anilines is 1. The van der Waals surface area contributed by atoms with Crippen LogP contribution in [0.5, 0.6) is 5.75 Å². The van der Waals surface area contributed by atoms with Crippen LogP contribution in [0.1, 0.15) is 17.5 Å². The molecule has 0 unspecified atom stereocenters. The SMILES string of the molecule is COc1ccc(N2C(=O)C[C@@H](N3CCN(S(=O)(=O)c4cc(C)ccc4C)CC3)C2=O)cc1. The number of piperazine rings is 1. The Kier molecular flexibility index (Phi) is 6.07. The number of imide groups is 1. The van der Waals surface area contributed by atoms with E-state index < -0.39 is 16.1 Å². The molecule has 0 aliphatic carbocycles. The Balaban J connectivity index is 1.45. The van der Waals surface area contributed by atoms with Gasteiger partial charge in [-0.1, -0.05) is 12.1 Å². The maximum Gasteiger partial charge on any atom is 0.251 e. The van der Waals surface area contributed by atoms with Crippen LogP contribution in [0.25, 0.3) is 0 Å². The number of hydrogen-bond acceptors (Lipinski definition) is 6. The van der Waals surface area contributed by atoms with E-state index in [1.807, 2.05) is 24.0 Å². The highest BCUT2D eigenvalue weighted by atomic mass is 32.2. The Morgan fingerprint density at radius 2 is 1.59 bits per heavy atom. The first-order chi connectivity index (χ1) is 15.2. The first-order valence-electron chi connectivity index (χ1n) is 10.5. The van der Waals surface area contributed by atoms with Crippen LogP contribution in [-0.4, -0.2) is 68.8 Å². The predicted octanol–water partition coefficient (Wildman–Crippen LogP) is 1.95. The molecule has 170 valence electrons. The molecule has 0 saturated carbocycles. The van der Waals surface area contributed by atoms with Crippen molar-refractivity contribution in [2.24, 2.45) is 0 Å². The van der Waals surface area contributed by atoms with Gasteiger partial charge in [0.1, 0.15) is 5.75 Å². The average Bonchev–Trinajstić information content (AvgIpc) is 3.09. The number of nitrogens with zero attached hydrogens (tertiary/aromatic N) is 3. The van der Waals surface area contributed by atoms with Gasteiger partial charge in [-0.25, -0.2) is 13.3 Å². The zero-order chi connectivity index (χ0) is 23.0. The molecule has 2 heterocycles. The van der Waals surface area contributed by atoms with E-state index in [1.54, 1.807) is 44.4 Å². The van der Waals surface area contributed by atoms with E-state index in [1.165, 1.54) is 9.21 Å². The highest BCUT2D eigenvalue weighted by molar-refractivity contribution is 7.89. The van der Waals surface area contributed by atoms with E-state index in [0.717, 1.165) is 5.56 Å². The number of benzene rings is 2. The van der Waals surface area contributed by atoms with E-state index in [4.69, 9.17) is 4.74 Å². The molecule has 2 saturated heterocycles. The molecular weight excluding hydrogens is 430 g/mol. The summed E-state index contributed by atoms with van der Waals surface area (Å²) >= 11 is 0. The summed E-state index contributed by atoms with van der Waals surface area (Å²) in [6.07, 6.45) is 0.0919. The summed E-state index contributed by atoms with van der Waals surface area (Å²) in [6.45, 7) is 4.99. The van der Waals surface area contributed by atoms with Crippen molar-refractivity contribution < 1.29 is 22.7 Å². The summed E-state index contributed by atoms with van der Waals surface area (Å²) in [5.74, 6) is 0.118. The van der Waals surface area contributed by atoms with E-state index in [-0.39, 0.29) is 31.3 Å². The number of sulfonamides is 1. The van der Waals surface area contributed by atoms with Crippen molar-refractivity contribution in [3.05, 3.63) is 53.6 Å². The van der Waals surface area contributed by atoms with Gasteiger partial charge in [0.2, 0.25) is 15.9 Å². The summed E-state index contributed by atoms with van der Waals surface area (Å²) in [5.41, 5.74) is 2.12. The van der Waals surface area contributed by atoms with Gasteiger partial charge in [0.05, 0.1) is 30.2 Å². The Hall–Kier alpha value is -2.75. The molecule has 0 N–H and O–H groups in total. The minimum atomic E-state index is -3.61. The van der Waals surface area contributed by atoms with E-state index >= 15 is 0 Å². The molecule has 2 aromatic carbocycles. The summed E-state index contributed by atoms with van der Waals surface area (Å²) in [4.78, 5) is 29.1. The first kappa shape index (κ1) is 22.4. The molecule has 2 aromatic rings. The van der Waals surface area contributed by atoms with Gasteiger partial charge >= 0.3 is 0 Å². The molecule has 2 aliphatic heterocycles. The highest BCUT2D eigenvalue weighted by Gasteiger charge is 2.44. The zero-order valence-corrected chi connectivity index (χ0v) is 19.3. The van der Waals surface area contributed by atoms with Crippen molar-refractivity contribution in [1.29, 1.82) is 0 Å². The second kappa shape index (κ2) is 8.65. The highest BCUT2D eigenvalue weighted by Crippen LogP contribution is 2.29. The quantitative estimate of drug-likeness (QED) is 0.638. The zero-order valence-electron chi connectivity index (χ0n) is 18.4. The number of carbonyl (C=O) groups is 2. The normalized spacial score (nSPS) is 20.7. The van der Waals surface area contributed by atoms with Gasteiger partial charge in [0.15, 0.2) is 0 Å². The molecule has 8 nitrogen and oxygen atoms in total. The average molecular weight is 458 g/mol. The number of aryl methyl sites for hydroxylation is 2. The molecule has 4 rings (SSSR count). The van der Waals surface area contributed by atoms with Crippen LogP contribution in [0, 0.1) is 13.8 Å². The van der Waals surface area contributed by atoms with E-state index in [9.17, 15) is 18.0 Å². The molecule has 1 atom stereocenters. The first-order valence-corrected chi connectivity index (χ1v) is 12.0. The van der Waals surface area contributed by atoms with Crippen molar-refractivity contribution in [2.75, 3.05) is 38.2 Å². The smallest absolute Gasteiger partial charge is 0.251 e. The number of carbonyl (C=O) groups excluding carboxylic acids is 2. The van der Waals surface area contributed by atoms with Crippen LogP contribution < -0.4 is 9.64 Å². The van der Waals surface area contributed by atoms with Crippen molar-refractivity contribution >= 4 is 27.5 Å². The molecule has 0 spiro atoms. The van der Waals surface area contributed by atoms with E-state index in [2.05, 4.69) is 0 Å². The fourth-order valence-corrected chi connectivity index (χ4v) is 6.02. The van der Waals surface area contributed by atoms with Gasteiger partial charge in [0, 0.05) is 26.2 Å². The Morgan fingerprint density at radius 1 is 0.938 bits per heavy atom. The lowest BCUT2D eigenvalue weighted by atomic mass is 10.2. The van der Waals surface area contributed by atoms with Crippen molar-refractivity contribution in [2.45, 2.75) is 31.2 Å². The number of hydrogen-bond donors (Lipinski definition) is 0. The Bertz CT molecular complexity index is 1140. The molecule has 0 bridgehead atoms. The predicted molar refractivity (Wildman–Crippen MR) is 120 cm³/mol. The number of rotatable bonds is 5. The van der Waals surface area contributed by atoms with Gasteiger partial charge in [-0.2, -0.15) is 4.31 Å². The molecule has 0 aromatic heterocycles. The molecule has 32 heavy (non-hydrogen) atoms. The molecule has 9 heteroatoms. The van der Waals surface area contributed by atoms with Crippen molar-refractivity contribution in [3.8, 4) is 5.75 Å². The molecule has 2 fully saturated rings. The summed E-state index contributed by atoms with van der Waals surface area (Å²) in [5, 5.41) is 0. The summed E-state index contributed by atoms with van der Waals surface area (Å²) in [7, 11) is -2.06. The second-order valence-electron chi connectivity index (χ2n) is 8.19. The molecular formula is C23H27N3O5S. The second-order valence-corrected chi connectivity index (χ2v) is 10.1. The van der Waals surface area contributed by atoms with E-state index in [0.29, 0.717) is 35.0 Å². The number of amides is 2. The Labute approximate surface area is 188 Å². The summed E-state index contributed by atoms with van der Waals surface area (Å²) in [6, 6.07) is 11.6. The van der Waals surface area contributed by atoms with Gasteiger partial charge in [-0.05, 0) is 55.3 Å². The fraction of sp³-hybridized carbons (Fsp3) is 0.391. The lowest BCUT2D eigenvalue weighted by molar-refractivity contribution is -0.123. The van der Waals surface area contributed by atoms with Crippen molar-refractivity contribution in [3.63, 3.8) is 0 Å². The summed E-state index contributed by atoms with van der Waals surface area (Å²) < 4.78 is 32.9. The van der Waals surface area contributed by atoms with Gasteiger partial charge < -0.3 is 4.74 Å². The van der Waals surface area contributed by atoms with Crippen LogP contribution in [0.4, 0.5) is 5.69 Å². The topological polar surface area (TPSA) is 87.2 Å². The molecule has 0 radical (unpaired) electrons. The minimum Gasteiger partial charge on any atom is -0.497 e. The maximum atomic E-state index is 13.2. The van der Waals surface area contributed by atoms with Gasteiger partial charge in [0.25, 0.3) is 5.91 Å². The molecule has 2 amide bonds. The van der Waals surface area contributed by atoms with Crippen LogP contribution in [0.3, 0.4) is 0 Å². The van der Waals surface area contributed by atoms with Crippen LogP contribution >= 0.6 is 0 Å². The largest absolute Gasteiger partial charge is 0.497 e. The van der Waals surface area contributed by atoms with Crippen LogP contribution in [0.2, 0.25) is 0 Å². The van der Waals surface area contributed by atoms with Crippen LogP contribution in [0.15, 0.2) is 47.4 Å². The van der Waals surface area contributed by atoms with Gasteiger partial charge in [-0.15, -0.1) is 0 Å². The monoisotopic (exact) mass is 457 g/mol. The minimum absolute atomic E-state index is 0.0919. The molecule has 2 aliphatic rings. The third kappa shape index (κ3) is 4.03. The standard InChI is InChI=1S/C23H27N3O5S/c1-16-4-5-17(2)21(14-16)32(29,30)25-12-10-24(11-13-25)20-15-22(27)26(23(20)28)18-6-8-19(31-3)9-7-18/h4-9,14,20H,10-13,15H2,1-3H3/t20-/m1/s1. The Morgan fingerprint density at radius 3 is 2.22 bits per heavy atom. The lowest BCUT2D eigenvalue weighted by Gasteiger charge is -2.36. The maximum absolute atomic E-state index is 13.2. The van der Waals surface area contributed by atoms with Crippen LogP contribution in [-0.2, 0) is 19.6 Å². The number of ether oxygens (including phenoxy) is 1. The number of methoxy groups -OCH3 is 1. The lowest BCUT2D eigenvalue weighted by Crippen LogP contribution is -2.53. The third-order valence-electron chi connectivity index (χ3n) is 6.13. The van der Waals surface area contributed by atoms with Gasteiger partial charge in [-0.3, -0.25) is 14.5 Å². The third-order valence-corrected chi connectivity index (χ3v) is 8.17. The van der Waals surface area contributed by atoms with Crippen molar-refractivity contribution in [1.82, 2.24) is 9.21 Å². The fourth-order valence-electron chi connectivity index (χ4n) is 4.28.